The molecule has 0 radical (unpaired) electrons. The van der Waals surface area contributed by atoms with Gasteiger partial charge in [0.2, 0.25) is 0 Å². The van der Waals surface area contributed by atoms with Crippen LogP contribution in [-0.4, -0.2) is 6.21 Å². The van der Waals surface area contributed by atoms with Crippen molar-refractivity contribution < 1.29 is 0 Å². The Hall–Kier alpha value is -2.67. The van der Waals surface area contributed by atoms with Gasteiger partial charge in [0.25, 0.3) is 0 Å². The highest BCUT2D eigenvalue weighted by Crippen LogP contribution is 2.42. The van der Waals surface area contributed by atoms with E-state index in [-0.39, 0.29) is 0 Å². The second-order valence-corrected chi connectivity index (χ2v) is 7.41. The van der Waals surface area contributed by atoms with Gasteiger partial charge in [-0.2, -0.15) is 0 Å². The summed E-state index contributed by atoms with van der Waals surface area (Å²) in [6, 6.07) is 8.77. The van der Waals surface area contributed by atoms with Crippen LogP contribution < -0.4 is 0 Å². The van der Waals surface area contributed by atoms with Crippen molar-refractivity contribution >= 4 is 12.3 Å². The van der Waals surface area contributed by atoms with Crippen LogP contribution in [0.15, 0.2) is 93.7 Å². The molecule has 128 valence electrons. The van der Waals surface area contributed by atoms with E-state index in [9.17, 15) is 0 Å². The topological polar surface area (TPSA) is 12.4 Å². The summed E-state index contributed by atoms with van der Waals surface area (Å²) in [4.78, 5) is 4.83. The minimum absolute atomic E-state index is 0.459. The Balaban J connectivity index is 1.51. The predicted molar refractivity (Wildman–Crippen MR) is 110 cm³/mol. The normalized spacial score (nSPS) is 23.8. The molecule has 26 heavy (non-hydrogen) atoms. The molecule has 1 nitrogen and oxygen atoms in total. The molecule has 0 aromatic heterocycles. The van der Waals surface area contributed by atoms with Crippen LogP contribution in [0.5, 0.6) is 0 Å². The Morgan fingerprint density at radius 2 is 1.69 bits per heavy atom. The molecule has 1 aromatic rings. The summed E-state index contributed by atoms with van der Waals surface area (Å²) in [5.74, 6) is 0.459. The molecule has 1 aliphatic heterocycles. The average molecular weight is 337 g/mol. The lowest BCUT2D eigenvalue weighted by atomic mass is 9.77. The maximum absolute atomic E-state index is 4.83. The molecule has 1 heteroatoms. The fourth-order valence-corrected chi connectivity index (χ4v) is 4.51. The van der Waals surface area contributed by atoms with Crippen molar-refractivity contribution in [2.45, 2.75) is 38.0 Å². The Morgan fingerprint density at radius 1 is 0.846 bits per heavy atom. The second-order valence-electron chi connectivity index (χ2n) is 7.41. The van der Waals surface area contributed by atoms with E-state index in [1.807, 2.05) is 0 Å². The van der Waals surface area contributed by atoms with Crippen LogP contribution in [0.3, 0.4) is 0 Å². The number of hydrogen-bond donors (Lipinski definition) is 0. The average Bonchev–Trinajstić information content (AvgIpc) is 2.74. The summed E-state index contributed by atoms with van der Waals surface area (Å²) in [7, 11) is 0. The zero-order valence-electron chi connectivity index (χ0n) is 15.0. The monoisotopic (exact) mass is 337 g/mol. The molecule has 3 aliphatic carbocycles. The van der Waals surface area contributed by atoms with E-state index < -0.39 is 0 Å². The summed E-state index contributed by atoms with van der Waals surface area (Å²) in [6.07, 6.45) is 23.6. The smallest absolute Gasteiger partial charge is 0.0696 e. The highest BCUT2D eigenvalue weighted by atomic mass is 14.8. The SMILES string of the molecule is C1=CCCC(C2=CC=C(C3=C4C=Cc5ccccc5C4CC=N3)CC2)=C1. The molecule has 0 saturated heterocycles. The highest BCUT2D eigenvalue weighted by Gasteiger charge is 2.27. The van der Waals surface area contributed by atoms with Gasteiger partial charge < -0.3 is 0 Å². The van der Waals surface area contributed by atoms with Gasteiger partial charge in [-0.3, -0.25) is 4.99 Å². The number of fused-ring (bicyclic) bond motifs is 3. The van der Waals surface area contributed by atoms with Crippen molar-refractivity contribution in [3.05, 3.63) is 99.8 Å². The fourth-order valence-electron chi connectivity index (χ4n) is 4.51. The minimum Gasteiger partial charge on any atom is -0.261 e. The number of rotatable bonds is 2. The van der Waals surface area contributed by atoms with E-state index in [2.05, 4.69) is 73.0 Å². The molecule has 1 heterocycles. The van der Waals surface area contributed by atoms with E-state index in [1.165, 1.54) is 52.0 Å². The van der Waals surface area contributed by atoms with Gasteiger partial charge in [-0.15, -0.1) is 0 Å². The highest BCUT2D eigenvalue weighted by molar-refractivity contribution is 5.74. The molecule has 0 saturated carbocycles. The van der Waals surface area contributed by atoms with Crippen molar-refractivity contribution in [3.63, 3.8) is 0 Å². The van der Waals surface area contributed by atoms with Crippen LogP contribution >= 0.6 is 0 Å². The van der Waals surface area contributed by atoms with E-state index in [1.54, 1.807) is 0 Å². The summed E-state index contributed by atoms with van der Waals surface area (Å²) >= 11 is 0. The van der Waals surface area contributed by atoms with Gasteiger partial charge in [-0.25, -0.2) is 0 Å². The third-order valence-electron chi connectivity index (χ3n) is 5.90. The van der Waals surface area contributed by atoms with Crippen LogP contribution in [0.4, 0.5) is 0 Å². The van der Waals surface area contributed by atoms with Crippen molar-refractivity contribution in [1.82, 2.24) is 0 Å². The van der Waals surface area contributed by atoms with Crippen LogP contribution in [0.2, 0.25) is 0 Å². The van der Waals surface area contributed by atoms with E-state index >= 15 is 0 Å². The Labute approximate surface area is 155 Å². The molecule has 0 spiro atoms. The summed E-state index contributed by atoms with van der Waals surface area (Å²) in [5.41, 5.74) is 9.81. The second kappa shape index (κ2) is 6.57. The van der Waals surface area contributed by atoms with Crippen LogP contribution in [0, 0.1) is 0 Å². The minimum atomic E-state index is 0.459. The van der Waals surface area contributed by atoms with Gasteiger partial charge in [-0.05, 0) is 65.5 Å². The quantitative estimate of drug-likeness (QED) is 0.588. The van der Waals surface area contributed by atoms with Gasteiger partial charge >= 0.3 is 0 Å². The number of hydrogen-bond acceptors (Lipinski definition) is 1. The van der Waals surface area contributed by atoms with Crippen LogP contribution in [0.1, 0.15) is 49.1 Å². The number of benzene rings is 1. The van der Waals surface area contributed by atoms with Crippen LogP contribution in [-0.2, 0) is 0 Å². The van der Waals surface area contributed by atoms with Crippen molar-refractivity contribution in [2.24, 2.45) is 4.99 Å². The van der Waals surface area contributed by atoms with Crippen molar-refractivity contribution in [2.75, 3.05) is 0 Å². The number of aliphatic imine (C=N–C) groups is 1. The van der Waals surface area contributed by atoms with Gasteiger partial charge in [0.15, 0.2) is 0 Å². The molecule has 1 atom stereocenters. The summed E-state index contributed by atoms with van der Waals surface area (Å²) in [6.45, 7) is 0. The number of nitrogens with zero attached hydrogens (tertiary/aromatic N) is 1. The van der Waals surface area contributed by atoms with E-state index in [0.717, 1.165) is 19.3 Å². The first kappa shape index (κ1) is 15.6. The first-order valence-corrected chi connectivity index (χ1v) is 9.70. The lowest BCUT2D eigenvalue weighted by Gasteiger charge is -2.29. The summed E-state index contributed by atoms with van der Waals surface area (Å²) in [5, 5.41) is 0. The molecule has 0 amide bonds. The van der Waals surface area contributed by atoms with E-state index in [0.29, 0.717) is 5.92 Å². The molecule has 0 N–H and O–H groups in total. The summed E-state index contributed by atoms with van der Waals surface area (Å²) < 4.78 is 0. The first-order valence-electron chi connectivity index (χ1n) is 9.70. The predicted octanol–water partition coefficient (Wildman–Crippen LogP) is 6.45. The lowest BCUT2D eigenvalue weighted by molar-refractivity contribution is 0.806. The zero-order chi connectivity index (χ0) is 17.3. The maximum Gasteiger partial charge on any atom is 0.0696 e. The fraction of sp³-hybridized carbons (Fsp3) is 0.240. The number of allylic oxidation sites excluding steroid dienone is 10. The van der Waals surface area contributed by atoms with Crippen molar-refractivity contribution in [1.29, 1.82) is 0 Å². The van der Waals surface area contributed by atoms with Gasteiger partial charge in [0, 0.05) is 12.1 Å². The lowest BCUT2D eigenvalue weighted by Crippen LogP contribution is -2.14. The van der Waals surface area contributed by atoms with Crippen molar-refractivity contribution in [3.8, 4) is 0 Å². The molecule has 0 bridgehead atoms. The third-order valence-corrected chi connectivity index (χ3v) is 5.90. The molecule has 1 unspecified atom stereocenters. The largest absolute Gasteiger partial charge is 0.261 e. The third kappa shape index (κ3) is 2.68. The Morgan fingerprint density at radius 3 is 2.54 bits per heavy atom. The molecule has 1 aromatic carbocycles. The van der Waals surface area contributed by atoms with Gasteiger partial charge in [-0.1, -0.05) is 66.8 Å². The van der Waals surface area contributed by atoms with Crippen LogP contribution in [0.25, 0.3) is 6.08 Å². The maximum atomic E-state index is 4.83. The standard InChI is InChI=1S/C25H23N/c1-2-6-18(7-3-1)19-10-12-21(13-11-19)25-24-15-14-20-8-4-5-9-22(20)23(24)16-17-26-25/h1-2,4-6,8-10,12,14-15,17,23H,3,7,11,13,16H2. The van der Waals surface area contributed by atoms with E-state index in [4.69, 9.17) is 4.99 Å². The zero-order valence-corrected chi connectivity index (χ0v) is 15.0. The Bertz CT molecular complexity index is 960. The molecular weight excluding hydrogens is 314 g/mol. The molecule has 5 rings (SSSR count). The molecular formula is C25H23N. The first-order chi connectivity index (χ1) is 12.9. The van der Waals surface area contributed by atoms with Gasteiger partial charge in [0.05, 0.1) is 5.70 Å². The molecule has 0 fully saturated rings. The van der Waals surface area contributed by atoms with Gasteiger partial charge in [0.1, 0.15) is 0 Å². The molecule has 4 aliphatic rings. The Kier molecular flexibility index (Phi) is 3.93.